The summed E-state index contributed by atoms with van der Waals surface area (Å²) < 4.78 is 28.2. The Balaban J connectivity index is 1.71. The van der Waals surface area contributed by atoms with Crippen LogP contribution in [0.5, 0.6) is 0 Å². The van der Waals surface area contributed by atoms with E-state index >= 15 is 0 Å². The van der Waals surface area contributed by atoms with Crippen LogP contribution in [0.15, 0.2) is 56.7 Å². The lowest BCUT2D eigenvalue weighted by Crippen LogP contribution is -2.60. The molecule has 4 rings (SSSR count). The highest BCUT2D eigenvalue weighted by Crippen LogP contribution is 2.42. The number of nitrogens with one attached hydrogen (secondary N) is 1. The van der Waals surface area contributed by atoms with Gasteiger partial charge in [0.1, 0.15) is 23.0 Å². The van der Waals surface area contributed by atoms with E-state index in [1.807, 2.05) is 24.3 Å². The number of rotatable bonds is 4. The quantitative estimate of drug-likeness (QED) is 0.398. The van der Waals surface area contributed by atoms with Gasteiger partial charge in [0, 0.05) is 16.7 Å². The molecule has 0 saturated carbocycles. The van der Waals surface area contributed by atoms with Crippen LogP contribution < -0.4 is 5.32 Å². The van der Waals surface area contributed by atoms with Gasteiger partial charge in [0.05, 0.1) is 16.6 Å². The van der Waals surface area contributed by atoms with Crippen LogP contribution in [0.1, 0.15) is 25.3 Å². The molecule has 2 aromatic carbocycles. The molecule has 6 nitrogen and oxygen atoms in total. The molecule has 0 radical (unpaired) electrons. The van der Waals surface area contributed by atoms with Crippen LogP contribution in [0, 0.1) is 11.6 Å². The van der Waals surface area contributed by atoms with Crippen LogP contribution in [0.25, 0.3) is 0 Å². The maximum atomic E-state index is 13.9. The molecular weight excluding hydrogens is 552 g/mol. The molecule has 0 unspecified atom stereocenters. The molecule has 1 fully saturated rings. The van der Waals surface area contributed by atoms with E-state index in [9.17, 15) is 23.5 Å². The maximum Gasteiger partial charge on any atom is 0.277 e. The molecule has 2 amide bonds. The third-order valence-electron chi connectivity index (χ3n) is 5.84. The van der Waals surface area contributed by atoms with Crippen molar-refractivity contribution in [3.8, 4) is 0 Å². The summed E-state index contributed by atoms with van der Waals surface area (Å²) in [6.07, 6.45) is 1.26. The summed E-state index contributed by atoms with van der Waals surface area (Å²) in [6.45, 7) is 2.48. The summed E-state index contributed by atoms with van der Waals surface area (Å²) in [5, 5.41) is 16.5. The first-order valence-corrected chi connectivity index (χ1v) is 11.4. The van der Waals surface area contributed by atoms with Crippen molar-refractivity contribution in [2.45, 2.75) is 31.8 Å². The topological polar surface area (TPSA) is 72.9 Å². The SMILES string of the molecule is C[C@]12CCCN1N(Cc1ccccc1Br)C(=O)C(C(=O)Nc1cc(F)c(Br)c(F)c1)=C2O. The number of benzene rings is 2. The van der Waals surface area contributed by atoms with Gasteiger partial charge in [-0.1, -0.05) is 34.1 Å². The first kappa shape index (κ1) is 22.9. The van der Waals surface area contributed by atoms with Gasteiger partial charge in [-0.3, -0.25) is 14.6 Å². The predicted molar refractivity (Wildman–Crippen MR) is 121 cm³/mol. The van der Waals surface area contributed by atoms with Gasteiger partial charge in [-0.05, 0) is 59.5 Å². The summed E-state index contributed by atoms with van der Waals surface area (Å²) in [6, 6.07) is 9.26. The number of aliphatic hydroxyl groups excluding tert-OH is 1. The van der Waals surface area contributed by atoms with E-state index in [1.165, 1.54) is 5.01 Å². The Morgan fingerprint density at radius 3 is 2.53 bits per heavy atom. The van der Waals surface area contributed by atoms with Crippen molar-refractivity contribution < 1.29 is 23.5 Å². The Labute approximate surface area is 200 Å². The molecule has 1 saturated heterocycles. The van der Waals surface area contributed by atoms with E-state index in [2.05, 4.69) is 37.2 Å². The first-order chi connectivity index (χ1) is 15.1. The fourth-order valence-corrected chi connectivity index (χ4v) is 4.80. The molecule has 168 valence electrons. The van der Waals surface area contributed by atoms with Crippen LogP contribution in [0.4, 0.5) is 14.5 Å². The summed E-state index contributed by atoms with van der Waals surface area (Å²) in [5.41, 5.74) is -0.731. The number of fused-ring (bicyclic) bond motifs is 1. The number of carbonyl (C=O) groups excluding carboxylic acids is 2. The summed E-state index contributed by atoms with van der Waals surface area (Å²) in [5.74, 6) is -3.78. The Bertz CT molecular complexity index is 1130. The monoisotopic (exact) mass is 569 g/mol. The standard InChI is InChI=1S/C22H19Br2F2N3O3/c1-22-7-4-8-29(22)28(11-12-5-2-3-6-14(12)23)21(32)17(19(22)30)20(31)27-13-9-15(25)18(24)16(26)10-13/h2-3,5-6,9-10,30H,4,7-8,11H2,1H3,(H,27,31)/t22-/m1/s1. The fraction of sp³-hybridized carbons (Fsp3) is 0.273. The Hall–Kier alpha value is -2.30. The lowest BCUT2D eigenvalue weighted by molar-refractivity contribution is -0.160. The van der Waals surface area contributed by atoms with E-state index in [0.717, 1.165) is 28.6 Å². The van der Waals surface area contributed by atoms with Gasteiger partial charge >= 0.3 is 0 Å². The van der Waals surface area contributed by atoms with Crippen molar-refractivity contribution in [3.63, 3.8) is 0 Å². The van der Waals surface area contributed by atoms with Crippen LogP contribution in [-0.2, 0) is 16.1 Å². The summed E-state index contributed by atoms with van der Waals surface area (Å²) in [7, 11) is 0. The number of aliphatic hydroxyl groups is 1. The van der Waals surface area contributed by atoms with Crippen molar-refractivity contribution in [3.05, 3.63) is 73.9 Å². The molecule has 2 aromatic rings. The second-order valence-electron chi connectivity index (χ2n) is 7.89. The second-order valence-corrected chi connectivity index (χ2v) is 9.53. The van der Waals surface area contributed by atoms with Crippen LogP contribution in [0.3, 0.4) is 0 Å². The van der Waals surface area contributed by atoms with E-state index in [4.69, 9.17) is 0 Å². The minimum atomic E-state index is -0.946. The van der Waals surface area contributed by atoms with Crippen molar-refractivity contribution >= 4 is 49.4 Å². The molecule has 2 aliphatic rings. The molecule has 0 bridgehead atoms. The van der Waals surface area contributed by atoms with E-state index in [-0.39, 0.29) is 22.5 Å². The van der Waals surface area contributed by atoms with Crippen LogP contribution >= 0.6 is 31.9 Å². The lowest BCUT2D eigenvalue weighted by atomic mass is 9.90. The van der Waals surface area contributed by atoms with E-state index in [0.29, 0.717) is 13.0 Å². The number of halogens is 4. The highest BCUT2D eigenvalue weighted by Gasteiger charge is 2.52. The molecular formula is C22H19Br2F2N3O3. The molecule has 2 aliphatic heterocycles. The van der Waals surface area contributed by atoms with Crippen molar-refractivity contribution in [1.29, 1.82) is 0 Å². The Morgan fingerprint density at radius 1 is 1.22 bits per heavy atom. The molecule has 0 spiro atoms. The number of nitrogens with zero attached hydrogens (tertiary/aromatic N) is 2. The molecule has 32 heavy (non-hydrogen) atoms. The number of amides is 2. The Kier molecular flexibility index (Phi) is 6.12. The molecule has 1 atom stereocenters. The highest BCUT2D eigenvalue weighted by atomic mass is 79.9. The predicted octanol–water partition coefficient (Wildman–Crippen LogP) is 5.05. The third kappa shape index (κ3) is 3.84. The second kappa shape index (κ2) is 8.57. The van der Waals surface area contributed by atoms with Crippen molar-refractivity contribution in [1.82, 2.24) is 10.0 Å². The van der Waals surface area contributed by atoms with Gasteiger partial charge in [0.15, 0.2) is 0 Å². The summed E-state index contributed by atoms with van der Waals surface area (Å²) >= 11 is 6.25. The average molecular weight is 571 g/mol. The van der Waals surface area contributed by atoms with Gasteiger partial charge in [0.2, 0.25) is 0 Å². The highest BCUT2D eigenvalue weighted by molar-refractivity contribution is 9.10. The minimum absolute atomic E-state index is 0.169. The van der Waals surface area contributed by atoms with E-state index in [1.54, 1.807) is 11.9 Å². The number of hydrazine groups is 1. The van der Waals surface area contributed by atoms with Crippen LogP contribution in [-0.4, -0.2) is 39.0 Å². The Morgan fingerprint density at radius 2 is 1.88 bits per heavy atom. The normalized spacial score (nSPS) is 21.2. The number of carbonyl (C=O) groups is 2. The largest absolute Gasteiger partial charge is 0.509 e. The molecule has 0 aromatic heterocycles. The van der Waals surface area contributed by atoms with Gasteiger partial charge in [-0.2, -0.15) is 0 Å². The molecule has 2 N–H and O–H groups in total. The van der Waals surface area contributed by atoms with Gasteiger partial charge < -0.3 is 10.4 Å². The lowest BCUT2D eigenvalue weighted by Gasteiger charge is -2.46. The zero-order valence-electron chi connectivity index (χ0n) is 17.0. The van der Waals surface area contributed by atoms with Crippen molar-refractivity contribution in [2.24, 2.45) is 0 Å². The number of anilines is 1. The van der Waals surface area contributed by atoms with Gasteiger partial charge in [-0.25, -0.2) is 13.8 Å². The van der Waals surface area contributed by atoms with E-state index < -0.39 is 34.6 Å². The number of hydrogen-bond acceptors (Lipinski definition) is 4. The zero-order chi connectivity index (χ0) is 23.2. The summed E-state index contributed by atoms with van der Waals surface area (Å²) in [4.78, 5) is 26.4. The smallest absolute Gasteiger partial charge is 0.277 e. The average Bonchev–Trinajstić information content (AvgIpc) is 3.14. The van der Waals surface area contributed by atoms with Gasteiger partial charge in [-0.15, -0.1) is 0 Å². The molecule has 10 heteroatoms. The van der Waals surface area contributed by atoms with Gasteiger partial charge in [0.25, 0.3) is 11.8 Å². The number of hydrogen-bond donors (Lipinski definition) is 2. The van der Waals surface area contributed by atoms with Crippen LogP contribution in [0.2, 0.25) is 0 Å². The maximum absolute atomic E-state index is 13.9. The first-order valence-electron chi connectivity index (χ1n) is 9.86. The molecule has 0 aliphatic carbocycles. The minimum Gasteiger partial charge on any atom is -0.509 e. The zero-order valence-corrected chi connectivity index (χ0v) is 20.1. The molecule has 2 heterocycles. The van der Waals surface area contributed by atoms with Crippen molar-refractivity contribution in [2.75, 3.05) is 11.9 Å². The third-order valence-corrected chi connectivity index (χ3v) is 7.37. The fourth-order valence-electron chi connectivity index (χ4n) is 4.16.